The van der Waals surface area contributed by atoms with Crippen LogP contribution in [-0.2, 0) is 11.3 Å². The molecule has 0 spiro atoms. The van der Waals surface area contributed by atoms with Crippen LogP contribution in [0.25, 0.3) is 0 Å². The molecule has 0 radical (unpaired) electrons. The quantitative estimate of drug-likeness (QED) is 0.898. The van der Waals surface area contributed by atoms with Gasteiger partial charge < -0.3 is 15.1 Å². The summed E-state index contributed by atoms with van der Waals surface area (Å²) < 4.78 is 12.9. The molecule has 26 heavy (non-hydrogen) atoms. The van der Waals surface area contributed by atoms with Crippen molar-refractivity contribution in [1.29, 1.82) is 0 Å². The molecule has 1 aromatic carbocycles. The van der Waals surface area contributed by atoms with Gasteiger partial charge in [0.05, 0.1) is 12.4 Å². The number of carbonyl (C=O) groups is 2. The molecular weight excluding hydrogens is 337 g/mol. The molecule has 0 saturated carbocycles. The van der Waals surface area contributed by atoms with E-state index in [1.165, 1.54) is 31.5 Å². The van der Waals surface area contributed by atoms with Crippen molar-refractivity contribution < 1.29 is 14.0 Å². The molecule has 7 nitrogen and oxygen atoms in total. The van der Waals surface area contributed by atoms with E-state index in [9.17, 15) is 14.0 Å². The summed E-state index contributed by atoms with van der Waals surface area (Å²) in [6.07, 6.45) is 2.94. The second-order valence-corrected chi connectivity index (χ2v) is 6.07. The first-order valence-electron chi connectivity index (χ1n) is 8.38. The van der Waals surface area contributed by atoms with Gasteiger partial charge in [0, 0.05) is 39.6 Å². The van der Waals surface area contributed by atoms with Crippen molar-refractivity contribution in [3.05, 3.63) is 53.7 Å². The van der Waals surface area contributed by atoms with E-state index in [0.717, 1.165) is 5.56 Å². The summed E-state index contributed by atoms with van der Waals surface area (Å²) in [5, 5.41) is 3.08. The lowest BCUT2D eigenvalue weighted by Gasteiger charge is -2.33. The van der Waals surface area contributed by atoms with Crippen molar-refractivity contribution >= 4 is 17.6 Å². The number of benzene rings is 1. The Morgan fingerprint density at radius 2 is 1.69 bits per heavy atom. The fourth-order valence-electron chi connectivity index (χ4n) is 2.71. The Kier molecular flexibility index (Phi) is 5.40. The monoisotopic (exact) mass is 357 g/mol. The van der Waals surface area contributed by atoms with Crippen LogP contribution in [0.4, 0.5) is 10.2 Å². The zero-order valence-corrected chi connectivity index (χ0v) is 14.5. The first-order valence-corrected chi connectivity index (χ1v) is 8.38. The number of anilines is 1. The lowest BCUT2D eigenvalue weighted by Crippen LogP contribution is -2.50. The molecule has 1 aromatic heterocycles. The van der Waals surface area contributed by atoms with Crippen molar-refractivity contribution in [3.63, 3.8) is 0 Å². The van der Waals surface area contributed by atoms with Crippen molar-refractivity contribution in [2.24, 2.45) is 0 Å². The third-order valence-corrected chi connectivity index (χ3v) is 4.27. The summed E-state index contributed by atoms with van der Waals surface area (Å²) >= 11 is 0. The molecule has 1 fully saturated rings. The molecular formula is C18H20FN5O2. The predicted molar refractivity (Wildman–Crippen MR) is 93.9 cm³/mol. The van der Waals surface area contributed by atoms with E-state index in [4.69, 9.17) is 0 Å². The van der Waals surface area contributed by atoms with Crippen LogP contribution in [-0.4, -0.2) is 57.8 Å². The van der Waals surface area contributed by atoms with Crippen molar-refractivity contribution in [3.8, 4) is 0 Å². The minimum absolute atomic E-state index is 0.0217. The summed E-state index contributed by atoms with van der Waals surface area (Å²) in [7, 11) is 0. The van der Waals surface area contributed by atoms with Gasteiger partial charge in [-0.05, 0) is 17.7 Å². The Hall–Kier alpha value is -3.03. The molecule has 0 bridgehead atoms. The Bertz CT molecular complexity index is 771. The fraction of sp³-hybridized carbons (Fsp3) is 0.333. The Morgan fingerprint density at radius 1 is 1.04 bits per heavy atom. The number of nitrogens with one attached hydrogen (secondary N) is 1. The van der Waals surface area contributed by atoms with Crippen molar-refractivity contribution in [2.75, 3.05) is 31.5 Å². The van der Waals surface area contributed by atoms with E-state index in [0.29, 0.717) is 38.5 Å². The van der Waals surface area contributed by atoms with E-state index >= 15 is 0 Å². The van der Waals surface area contributed by atoms with Crippen LogP contribution in [0.2, 0.25) is 0 Å². The van der Waals surface area contributed by atoms with Crippen LogP contribution in [0.1, 0.15) is 23.0 Å². The highest BCUT2D eigenvalue weighted by Crippen LogP contribution is 2.10. The van der Waals surface area contributed by atoms with Crippen LogP contribution in [0, 0.1) is 5.82 Å². The smallest absolute Gasteiger partial charge is 0.274 e. The van der Waals surface area contributed by atoms with Gasteiger partial charge in [0.15, 0.2) is 0 Å². The van der Waals surface area contributed by atoms with Gasteiger partial charge in [0.1, 0.15) is 17.3 Å². The van der Waals surface area contributed by atoms with E-state index in [2.05, 4.69) is 15.3 Å². The molecule has 2 amide bonds. The summed E-state index contributed by atoms with van der Waals surface area (Å²) in [6.45, 7) is 4.06. The predicted octanol–water partition coefficient (Wildman–Crippen LogP) is 1.53. The summed E-state index contributed by atoms with van der Waals surface area (Å²) in [5.41, 5.74) is 1.19. The van der Waals surface area contributed by atoms with Crippen LogP contribution < -0.4 is 5.32 Å². The highest BCUT2D eigenvalue weighted by atomic mass is 19.1. The van der Waals surface area contributed by atoms with Gasteiger partial charge in [0.25, 0.3) is 5.91 Å². The number of halogens is 1. The van der Waals surface area contributed by atoms with Crippen LogP contribution in [0.3, 0.4) is 0 Å². The molecule has 2 aromatic rings. The highest BCUT2D eigenvalue weighted by Gasteiger charge is 2.24. The summed E-state index contributed by atoms with van der Waals surface area (Å²) in [4.78, 5) is 35.6. The van der Waals surface area contributed by atoms with Crippen LogP contribution in [0.5, 0.6) is 0 Å². The molecule has 3 rings (SSSR count). The van der Waals surface area contributed by atoms with Crippen molar-refractivity contribution in [1.82, 2.24) is 19.8 Å². The largest absolute Gasteiger partial charge is 0.365 e. The molecule has 2 heterocycles. The summed E-state index contributed by atoms with van der Waals surface area (Å²) in [6, 6.07) is 6.18. The number of aromatic nitrogens is 2. The number of nitrogens with zero attached hydrogens (tertiary/aromatic N) is 4. The van der Waals surface area contributed by atoms with E-state index < -0.39 is 0 Å². The zero-order valence-electron chi connectivity index (χ0n) is 14.5. The van der Waals surface area contributed by atoms with E-state index in [1.54, 1.807) is 21.9 Å². The Labute approximate surface area is 150 Å². The third-order valence-electron chi connectivity index (χ3n) is 4.27. The second kappa shape index (κ2) is 7.90. The number of piperazine rings is 1. The van der Waals surface area contributed by atoms with Gasteiger partial charge in [-0.1, -0.05) is 12.1 Å². The molecule has 1 aliphatic heterocycles. The molecule has 8 heteroatoms. The molecule has 1 N–H and O–H groups in total. The Balaban J connectivity index is 1.54. The highest BCUT2D eigenvalue weighted by molar-refractivity contribution is 5.92. The molecule has 0 aliphatic carbocycles. The third kappa shape index (κ3) is 4.33. The number of rotatable bonds is 4. The average molecular weight is 357 g/mol. The number of hydrogen-bond donors (Lipinski definition) is 1. The molecule has 1 aliphatic rings. The number of hydrogen-bond acceptors (Lipinski definition) is 5. The maximum Gasteiger partial charge on any atom is 0.274 e. The normalized spacial score (nSPS) is 14.2. The minimum atomic E-state index is -0.277. The fourth-order valence-corrected chi connectivity index (χ4v) is 2.71. The van der Waals surface area contributed by atoms with E-state index in [1.807, 2.05) is 0 Å². The molecule has 0 unspecified atom stereocenters. The maximum absolute atomic E-state index is 12.9. The number of amides is 2. The van der Waals surface area contributed by atoms with Gasteiger partial charge in [-0.15, -0.1) is 0 Å². The zero-order chi connectivity index (χ0) is 18.5. The SMILES string of the molecule is CC(=O)N1CCN(C(=O)c2cnc(NCc3ccc(F)cc3)cn2)CC1. The topological polar surface area (TPSA) is 78.4 Å². The van der Waals surface area contributed by atoms with Gasteiger partial charge in [-0.3, -0.25) is 9.59 Å². The molecule has 0 atom stereocenters. The standard InChI is InChI=1S/C18H20FN5O2/c1-13(25)23-6-8-24(9-7-23)18(26)16-11-22-17(12-20-16)21-10-14-2-4-15(19)5-3-14/h2-5,11-12H,6-10H2,1H3,(H,21,22). The first-order chi connectivity index (χ1) is 12.5. The lowest BCUT2D eigenvalue weighted by atomic mass is 10.2. The number of carbonyl (C=O) groups excluding carboxylic acids is 2. The lowest BCUT2D eigenvalue weighted by molar-refractivity contribution is -0.130. The minimum Gasteiger partial charge on any atom is -0.365 e. The average Bonchev–Trinajstić information content (AvgIpc) is 2.67. The molecule has 1 saturated heterocycles. The first kappa shape index (κ1) is 17.8. The molecule has 136 valence electrons. The maximum atomic E-state index is 12.9. The van der Waals surface area contributed by atoms with Gasteiger partial charge in [0.2, 0.25) is 5.91 Å². The summed E-state index contributed by atoms with van der Waals surface area (Å²) in [5.74, 6) is 0.0899. The Morgan fingerprint density at radius 3 is 2.27 bits per heavy atom. The van der Waals surface area contributed by atoms with Crippen LogP contribution >= 0.6 is 0 Å². The van der Waals surface area contributed by atoms with Crippen molar-refractivity contribution in [2.45, 2.75) is 13.5 Å². The van der Waals surface area contributed by atoms with Crippen LogP contribution in [0.15, 0.2) is 36.7 Å². The van der Waals surface area contributed by atoms with Gasteiger partial charge >= 0.3 is 0 Å². The van der Waals surface area contributed by atoms with E-state index in [-0.39, 0.29) is 23.3 Å². The second-order valence-electron chi connectivity index (χ2n) is 6.07. The van der Waals surface area contributed by atoms with Gasteiger partial charge in [-0.2, -0.15) is 0 Å². The van der Waals surface area contributed by atoms with Gasteiger partial charge in [-0.25, -0.2) is 14.4 Å².